The molecule has 0 aliphatic heterocycles. The molecule has 0 aliphatic rings. The van der Waals surface area contributed by atoms with E-state index in [2.05, 4.69) is 0 Å². The quantitative estimate of drug-likeness (QED) is 0.771. The second-order valence-electron chi connectivity index (χ2n) is 4.68. The zero-order valence-corrected chi connectivity index (χ0v) is 10.6. The van der Waals surface area contributed by atoms with Crippen LogP contribution >= 0.6 is 0 Å². The van der Waals surface area contributed by atoms with Crippen molar-refractivity contribution in [3.8, 4) is 0 Å². The van der Waals surface area contributed by atoms with Gasteiger partial charge in [0.05, 0.1) is 12.5 Å². The van der Waals surface area contributed by atoms with Crippen molar-refractivity contribution < 1.29 is 18.7 Å². The third-order valence-electron chi connectivity index (χ3n) is 3.49. The molecule has 0 atom stereocenters. The van der Waals surface area contributed by atoms with E-state index in [1.54, 1.807) is 12.5 Å². The van der Waals surface area contributed by atoms with Gasteiger partial charge in [-0.1, -0.05) is 0 Å². The summed E-state index contributed by atoms with van der Waals surface area (Å²) in [6.07, 6.45) is 4.75. The number of aryl methyl sites for hydroxylation is 2. The van der Waals surface area contributed by atoms with Gasteiger partial charge in [-0.2, -0.15) is 0 Å². The fraction of sp³-hybridized carbons (Fsp3) is 0.267. The van der Waals surface area contributed by atoms with E-state index in [0.29, 0.717) is 12.8 Å². The zero-order valence-electron chi connectivity index (χ0n) is 10.6. The highest BCUT2D eigenvalue weighted by Gasteiger charge is 2.16. The second kappa shape index (κ2) is 4.46. The molecule has 0 radical (unpaired) electrons. The van der Waals surface area contributed by atoms with E-state index in [9.17, 15) is 4.79 Å². The molecule has 0 spiro atoms. The van der Waals surface area contributed by atoms with E-state index in [4.69, 9.17) is 13.9 Å². The molecule has 0 saturated heterocycles. The van der Waals surface area contributed by atoms with Crippen molar-refractivity contribution in [1.82, 2.24) is 0 Å². The fourth-order valence-electron chi connectivity index (χ4n) is 2.58. The van der Waals surface area contributed by atoms with Crippen molar-refractivity contribution in [2.75, 3.05) is 0 Å². The summed E-state index contributed by atoms with van der Waals surface area (Å²) in [4.78, 5) is 10.6. The summed E-state index contributed by atoms with van der Waals surface area (Å²) in [5, 5.41) is 10.8. The van der Waals surface area contributed by atoms with E-state index in [-0.39, 0.29) is 6.42 Å². The standard InChI is InChI=1S/C15H14O4/c1-9-10-5-7-19-15(10)11(3-2-4-13(16)17)12-6-8-18-14(9)12/h5-8H,2-4H2,1H3,(H,16,17). The number of furan rings is 2. The molecule has 19 heavy (non-hydrogen) atoms. The van der Waals surface area contributed by atoms with E-state index < -0.39 is 5.97 Å². The average molecular weight is 258 g/mol. The van der Waals surface area contributed by atoms with E-state index >= 15 is 0 Å². The summed E-state index contributed by atoms with van der Waals surface area (Å²) in [5.41, 5.74) is 3.80. The highest BCUT2D eigenvalue weighted by Crippen LogP contribution is 2.34. The maximum Gasteiger partial charge on any atom is 0.303 e. The van der Waals surface area contributed by atoms with Gasteiger partial charge in [0.2, 0.25) is 0 Å². The molecule has 1 N–H and O–H groups in total. The summed E-state index contributed by atoms with van der Waals surface area (Å²) in [6, 6.07) is 3.84. The largest absolute Gasteiger partial charge is 0.481 e. The summed E-state index contributed by atoms with van der Waals surface area (Å²) in [5.74, 6) is -0.772. The first-order valence-electron chi connectivity index (χ1n) is 6.26. The van der Waals surface area contributed by atoms with E-state index in [1.807, 2.05) is 19.1 Å². The average Bonchev–Trinajstić information content (AvgIpc) is 3.01. The number of carboxylic acids is 1. The highest BCUT2D eigenvalue weighted by atomic mass is 16.4. The Morgan fingerprint density at radius 1 is 1.16 bits per heavy atom. The van der Waals surface area contributed by atoms with Crippen LogP contribution in [-0.4, -0.2) is 11.1 Å². The molecular formula is C15H14O4. The van der Waals surface area contributed by atoms with Gasteiger partial charge in [-0.15, -0.1) is 0 Å². The first-order valence-corrected chi connectivity index (χ1v) is 6.26. The molecule has 1 aromatic carbocycles. The molecule has 0 amide bonds. The molecule has 3 aromatic rings. The third kappa shape index (κ3) is 1.89. The smallest absolute Gasteiger partial charge is 0.303 e. The lowest BCUT2D eigenvalue weighted by Gasteiger charge is -2.06. The van der Waals surface area contributed by atoms with Crippen LogP contribution < -0.4 is 0 Å². The van der Waals surface area contributed by atoms with Crippen LogP contribution in [0.4, 0.5) is 0 Å². The van der Waals surface area contributed by atoms with Crippen LogP contribution in [0.2, 0.25) is 0 Å². The summed E-state index contributed by atoms with van der Waals surface area (Å²) in [7, 11) is 0. The van der Waals surface area contributed by atoms with Crippen LogP contribution in [0.1, 0.15) is 24.0 Å². The molecule has 0 unspecified atom stereocenters. The van der Waals surface area contributed by atoms with E-state index in [1.165, 1.54) is 0 Å². The maximum atomic E-state index is 10.6. The maximum absolute atomic E-state index is 10.6. The molecule has 98 valence electrons. The lowest BCUT2D eigenvalue weighted by atomic mass is 9.98. The Morgan fingerprint density at radius 2 is 1.84 bits per heavy atom. The number of fused-ring (bicyclic) bond motifs is 2. The van der Waals surface area contributed by atoms with Crippen LogP contribution in [0.3, 0.4) is 0 Å². The van der Waals surface area contributed by atoms with Gasteiger partial charge in [-0.05, 0) is 31.9 Å². The molecule has 0 saturated carbocycles. The number of hydrogen-bond donors (Lipinski definition) is 1. The molecule has 4 heteroatoms. The van der Waals surface area contributed by atoms with Gasteiger partial charge in [0.1, 0.15) is 11.2 Å². The van der Waals surface area contributed by atoms with Crippen molar-refractivity contribution in [2.24, 2.45) is 0 Å². The Hall–Kier alpha value is -2.23. The molecule has 0 fully saturated rings. The third-order valence-corrected chi connectivity index (χ3v) is 3.49. The minimum Gasteiger partial charge on any atom is -0.481 e. The number of carboxylic acid groups (broad SMARTS) is 1. The van der Waals surface area contributed by atoms with Gasteiger partial charge >= 0.3 is 5.97 Å². The van der Waals surface area contributed by atoms with Crippen LogP contribution in [0.25, 0.3) is 21.9 Å². The Balaban J connectivity index is 2.13. The number of benzene rings is 1. The van der Waals surface area contributed by atoms with Gasteiger partial charge in [-0.3, -0.25) is 4.79 Å². The molecule has 2 heterocycles. The topological polar surface area (TPSA) is 63.6 Å². The van der Waals surface area contributed by atoms with E-state index in [0.717, 1.165) is 33.1 Å². The van der Waals surface area contributed by atoms with Crippen molar-refractivity contribution in [3.63, 3.8) is 0 Å². The SMILES string of the molecule is Cc1c2ccoc2c(CCCC(=O)O)c2ccoc12. The molecular weight excluding hydrogens is 244 g/mol. The van der Waals surface area contributed by atoms with Crippen molar-refractivity contribution in [3.05, 3.63) is 35.8 Å². The van der Waals surface area contributed by atoms with Crippen molar-refractivity contribution in [1.29, 1.82) is 0 Å². The predicted molar refractivity (Wildman–Crippen MR) is 71.3 cm³/mol. The van der Waals surface area contributed by atoms with Gasteiger partial charge in [-0.25, -0.2) is 0 Å². The normalized spacial score (nSPS) is 11.4. The number of carbonyl (C=O) groups is 1. The van der Waals surface area contributed by atoms with Gasteiger partial charge in [0.15, 0.2) is 0 Å². The monoisotopic (exact) mass is 258 g/mol. The minimum atomic E-state index is -0.772. The van der Waals surface area contributed by atoms with Crippen LogP contribution in [0.5, 0.6) is 0 Å². The van der Waals surface area contributed by atoms with Crippen LogP contribution in [-0.2, 0) is 11.2 Å². The Morgan fingerprint density at radius 3 is 2.58 bits per heavy atom. The minimum absolute atomic E-state index is 0.162. The molecule has 0 aliphatic carbocycles. The fourth-order valence-corrected chi connectivity index (χ4v) is 2.58. The van der Waals surface area contributed by atoms with Crippen molar-refractivity contribution >= 4 is 27.9 Å². The first-order chi connectivity index (χ1) is 9.18. The second-order valence-corrected chi connectivity index (χ2v) is 4.68. The number of aliphatic carboxylic acids is 1. The summed E-state index contributed by atoms with van der Waals surface area (Å²) < 4.78 is 11.1. The lowest BCUT2D eigenvalue weighted by Crippen LogP contribution is -1.97. The Kier molecular flexibility index (Phi) is 2.78. The first kappa shape index (κ1) is 11.8. The van der Waals surface area contributed by atoms with Gasteiger partial charge in [0.25, 0.3) is 0 Å². The highest BCUT2D eigenvalue weighted by molar-refractivity contribution is 6.01. The molecule has 4 nitrogen and oxygen atoms in total. The number of rotatable bonds is 4. The van der Waals surface area contributed by atoms with Gasteiger partial charge in [0, 0.05) is 28.3 Å². The summed E-state index contributed by atoms with van der Waals surface area (Å²) in [6.45, 7) is 2.00. The van der Waals surface area contributed by atoms with Gasteiger partial charge < -0.3 is 13.9 Å². The molecule has 0 bridgehead atoms. The molecule has 3 rings (SSSR count). The lowest BCUT2D eigenvalue weighted by molar-refractivity contribution is -0.137. The number of hydrogen-bond acceptors (Lipinski definition) is 3. The summed E-state index contributed by atoms with van der Waals surface area (Å²) >= 11 is 0. The predicted octanol–water partition coefficient (Wildman–Crippen LogP) is 3.89. The zero-order chi connectivity index (χ0) is 13.4. The Bertz CT molecular complexity index is 696. The molecule has 2 aromatic heterocycles. The van der Waals surface area contributed by atoms with Crippen LogP contribution in [0.15, 0.2) is 33.5 Å². The van der Waals surface area contributed by atoms with Crippen LogP contribution in [0, 0.1) is 6.92 Å². The Labute approximate surface area is 109 Å². The van der Waals surface area contributed by atoms with Crippen molar-refractivity contribution in [2.45, 2.75) is 26.2 Å².